The monoisotopic (exact) mass is 667 g/mol. The second-order valence-electron chi connectivity index (χ2n) is 15.0. The summed E-state index contributed by atoms with van der Waals surface area (Å²) in [5, 5.41) is 6.97. The molecule has 4 aliphatic heterocycles. The van der Waals surface area contributed by atoms with Crippen LogP contribution in [-0.2, 0) is 4.74 Å². The summed E-state index contributed by atoms with van der Waals surface area (Å²) >= 11 is 0. The summed E-state index contributed by atoms with van der Waals surface area (Å²) in [6.45, 7) is 7.86. The first-order chi connectivity index (χ1) is 23.8. The Morgan fingerprint density at radius 1 is 0.959 bits per heavy atom. The van der Waals surface area contributed by atoms with E-state index < -0.39 is 5.91 Å². The molecule has 6 heterocycles. The Morgan fingerprint density at radius 2 is 1.71 bits per heavy atom. The van der Waals surface area contributed by atoms with Gasteiger partial charge in [-0.2, -0.15) is 0 Å². The van der Waals surface area contributed by atoms with Crippen molar-refractivity contribution >= 4 is 28.9 Å². The number of aromatic nitrogens is 3. The first-order valence-electron chi connectivity index (χ1n) is 18.0. The third-order valence-corrected chi connectivity index (χ3v) is 11.6. The van der Waals surface area contributed by atoms with Crippen LogP contribution in [0.4, 0.5) is 23.0 Å². The summed E-state index contributed by atoms with van der Waals surface area (Å²) in [4.78, 5) is 34.8. The molecule has 5 fully saturated rings. The van der Waals surface area contributed by atoms with Gasteiger partial charge in [-0.15, -0.1) is 0 Å². The first kappa shape index (κ1) is 32.2. The number of nitrogens with one attached hydrogen (secondary N) is 2. The van der Waals surface area contributed by atoms with E-state index in [1.165, 1.54) is 57.5 Å². The van der Waals surface area contributed by atoms with Crippen molar-refractivity contribution in [1.82, 2.24) is 24.8 Å². The zero-order valence-electron chi connectivity index (χ0n) is 28.8. The van der Waals surface area contributed by atoms with Crippen LogP contribution in [0.5, 0.6) is 5.75 Å². The van der Waals surface area contributed by atoms with Crippen LogP contribution in [0.25, 0.3) is 11.4 Å². The van der Waals surface area contributed by atoms with Crippen LogP contribution in [-0.4, -0.2) is 108 Å². The molecule has 4 saturated heterocycles. The van der Waals surface area contributed by atoms with Crippen LogP contribution in [0, 0.1) is 5.41 Å². The molecule has 2 spiro atoms. The number of primary amides is 1. The maximum atomic E-state index is 12.8. The van der Waals surface area contributed by atoms with Crippen LogP contribution in [0.2, 0.25) is 0 Å². The fourth-order valence-corrected chi connectivity index (χ4v) is 8.39. The standard InChI is InChI=1S/C37H49N9O3/c1-44-19-14-36(15-20-44)23-46(24-36)28-9-17-45(18-10-28)27-7-5-25(6-8-27)40-35-32(33(38)47)42-31(30-29(48-2)4-3-16-39-30)34(43-35)41-26-11-21-49-37(22-26)12-13-37/h3-8,16,26,28H,9-15,17-24H2,1-2H3,(H2,38,47)(H2,40,41,43). The van der Waals surface area contributed by atoms with Crippen molar-refractivity contribution in [3.8, 4) is 17.1 Å². The third kappa shape index (κ3) is 6.65. The van der Waals surface area contributed by atoms with Crippen LogP contribution in [0.3, 0.4) is 0 Å². The van der Waals surface area contributed by atoms with Crippen molar-refractivity contribution in [3.63, 3.8) is 0 Å². The van der Waals surface area contributed by atoms with Gasteiger partial charge in [-0.05, 0) is 113 Å². The number of methoxy groups -OCH3 is 1. The minimum absolute atomic E-state index is 0.0262. The van der Waals surface area contributed by atoms with Crippen molar-refractivity contribution < 1.29 is 14.3 Å². The highest BCUT2D eigenvalue weighted by Crippen LogP contribution is 2.47. The van der Waals surface area contributed by atoms with E-state index in [0.717, 1.165) is 44.5 Å². The number of nitrogens with two attached hydrogens (primary N) is 1. The average molecular weight is 668 g/mol. The molecule has 12 heteroatoms. The summed E-state index contributed by atoms with van der Waals surface area (Å²) in [5.41, 5.74) is 9.41. The number of rotatable bonds is 9. The molecule has 2 aromatic heterocycles. The highest BCUT2D eigenvalue weighted by molar-refractivity contribution is 5.97. The number of anilines is 4. The van der Waals surface area contributed by atoms with E-state index >= 15 is 0 Å². The van der Waals surface area contributed by atoms with E-state index in [-0.39, 0.29) is 17.3 Å². The molecule has 1 aliphatic carbocycles. The predicted molar refractivity (Wildman–Crippen MR) is 191 cm³/mol. The molecule has 1 unspecified atom stereocenters. The van der Waals surface area contributed by atoms with Gasteiger partial charge in [-0.3, -0.25) is 14.7 Å². The Bertz CT molecular complexity index is 1660. The van der Waals surface area contributed by atoms with Gasteiger partial charge in [0.2, 0.25) is 0 Å². The van der Waals surface area contributed by atoms with Crippen molar-refractivity contribution in [2.24, 2.45) is 11.1 Å². The molecule has 49 heavy (non-hydrogen) atoms. The normalized spacial score (nSPS) is 23.6. The van der Waals surface area contributed by atoms with E-state index in [0.29, 0.717) is 46.8 Å². The number of ether oxygens (including phenoxy) is 2. The predicted octanol–water partition coefficient (Wildman–Crippen LogP) is 4.51. The zero-order valence-corrected chi connectivity index (χ0v) is 28.8. The number of amides is 1. The minimum atomic E-state index is -0.677. The van der Waals surface area contributed by atoms with E-state index in [9.17, 15) is 4.79 Å². The van der Waals surface area contributed by atoms with Gasteiger partial charge in [0.05, 0.1) is 12.7 Å². The Hall–Kier alpha value is -4.00. The number of carbonyl (C=O) groups excluding carboxylic acids is 1. The second kappa shape index (κ2) is 13.0. The Kier molecular flexibility index (Phi) is 8.57. The molecule has 1 atom stereocenters. The van der Waals surface area contributed by atoms with Crippen molar-refractivity contribution in [1.29, 1.82) is 0 Å². The molecule has 0 bridgehead atoms. The molecular weight excluding hydrogens is 618 g/mol. The number of benzene rings is 1. The molecule has 12 nitrogen and oxygen atoms in total. The lowest BCUT2D eigenvalue weighted by Gasteiger charge is -2.57. The number of hydrogen-bond acceptors (Lipinski definition) is 11. The van der Waals surface area contributed by atoms with Gasteiger partial charge in [-0.1, -0.05) is 0 Å². The van der Waals surface area contributed by atoms with Crippen molar-refractivity contribution in [2.75, 3.05) is 75.6 Å². The van der Waals surface area contributed by atoms with Gasteiger partial charge in [0.1, 0.15) is 17.1 Å². The quantitative estimate of drug-likeness (QED) is 0.298. The maximum absolute atomic E-state index is 12.8. The highest BCUT2D eigenvalue weighted by Gasteiger charge is 2.48. The van der Waals surface area contributed by atoms with Gasteiger partial charge in [0.15, 0.2) is 17.3 Å². The topological polar surface area (TPSA) is 134 Å². The zero-order chi connectivity index (χ0) is 33.6. The molecule has 1 aromatic carbocycles. The third-order valence-electron chi connectivity index (χ3n) is 11.6. The molecule has 1 saturated carbocycles. The minimum Gasteiger partial charge on any atom is -0.494 e. The van der Waals surface area contributed by atoms with Crippen LogP contribution in [0.1, 0.15) is 61.9 Å². The second-order valence-corrected chi connectivity index (χ2v) is 15.0. The molecular formula is C37H49N9O3. The van der Waals surface area contributed by atoms with Crippen LogP contribution >= 0.6 is 0 Å². The first-order valence-corrected chi connectivity index (χ1v) is 18.0. The lowest BCUT2D eigenvalue weighted by Crippen LogP contribution is -2.63. The summed E-state index contributed by atoms with van der Waals surface area (Å²) in [7, 11) is 3.84. The molecule has 5 aliphatic rings. The molecule has 1 amide bonds. The summed E-state index contributed by atoms with van der Waals surface area (Å²) < 4.78 is 11.7. The van der Waals surface area contributed by atoms with E-state index in [1.54, 1.807) is 19.4 Å². The summed E-state index contributed by atoms with van der Waals surface area (Å²) in [6.07, 6.45) is 10.7. The smallest absolute Gasteiger partial charge is 0.271 e. The fourth-order valence-electron chi connectivity index (χ4n) is 8.39. The number of likely N-dealkylation sites (tertiary alicyclic amines) is 2. The maximum Gasteiger partial charge on any atom is 0.271 e. The summed E-state index contributed by atoms with van der Waals surface area (Å²) in [6, 6.07) is 12.8. The van der Waals surface area contributed by atoms with E-state index in [4.69, 9.17) is 25.2 Å². The number of nitrogens with zero attached hydrogens (tertiary/aromatic N) is 6. The van der Waals surface area contributed by atoms with Gasteiger partial charge in [-0.25, -0.2) is 9.97 Å². The van der Waals surface area contributed by atoms with Gasteiger partial charge in [0.25, 0.3) is 5.91 Å². The van der Waals surface area contributed by atoms with Crippen LogP contribution in [0.15, 0.2) is 42.6 Å². The number of pyridine rings is 1. The lowest BCUT2D eigenvalue weighted by atomic mass is 9.71. The number of hydrogen-bond donors (Lipinski definition) is 3. The van der Waals surface area contributed by atoms with E-state index in [2.05, 4.69) is 49.5 Å². The van der Waals surface area contributed by atoms with Crippen molar-refractivity contribution in [3.05, 3.63) is 48.3 Å². The summed E-state index contributed by atoms with van der Waals surface area (Å²) in [5.74, 6) is 0.680. The molecule has 260 valence electrons. The average Bonchev–Trinajstić information content (AvgIpc) is 3.85. The number of piperidine rings is 2. The van der Waals surface area contributed by atoms with Gasteiger partial charge >= 0.3 is 0 Å². The Labute approximate surface area is 288 Å². The molecule has 4 N–H and O–H groups in total. The molecule has 8 rings (SSSR count). The van der Waals surface area contributed by atoms with Crippen LogP contribution < -0.4 is 26.0 Å². The number of carbonyl (C=O) groups is 1. The lowest BCUT2D eigenvalue weighted by molar-refractivity contribution is -0.0704. The Balaban J connectivity index is 0.972. The largest absolute Gasteiger partial charge is 0.494 e. The SMILES string of the molecule is COc1cccnc1-c1nc(C(N)=O)c(Nc2ccc(N3CCC(N4CC5(CCN(C)CC5)C4)CC3)cc2)nc1NC1CCOC2(CC2)C1. The molecule has 3 aromatic rings. The fraction of sp³-hybridized carbons (Fsp3) is 0.568. The highest BCUT2D eigenvalue weighted by atomic mass is 16.5. The van der Waals surface area contributed by atoms with Crippen molar-refractivity contribution in [2.45, 2.75) is 69.1 Å². The van der Waals surface area contributed by atoms with Gasteiger partial charge in [0, 0.05) is 62.4 Å². The van der Waals surface area contributed by atoms with E-state index in [1.807, 2.05) is 18.2 Å². The Morgan fingerprint density at radius 3 is 2.41 bits per heavy atom. The molecule has 0 radical (unpaired) electrons. The van der Waals surface area contributed by atoms with Gasteiger partial charge < -0.3 is 35.6 Å².